The number of fused-ring (bicyclic) bond motifs is 1. The SMILES string of the molecule is CCOc1ccc([C@@H]2C3=C(CC(C)(C)CC3=O)Nc3nc(-c4ccc(OC)cc4)nn32)cc1OC. The van der Waals surface area contributed by atoms with Gasteiger partial charge >= 0.3 is 0 Å². The molecule has 0 fully saturated rings. The highest BCUT2D eigenvalue weighted by atomic mass is 16.5. The van der Waals surface area contributed by atoms with Crippen LogP contribution in [0.3, 0.4) is 0 Å². The van der Waals surface area contributed by atoms with Crippen LogP contribution in [0.15, 0.2) is 53.7 Å². The van der Waals surface area contributed by atoms with Crippen molar-refractivity contribution in [1.29, 1.82) is 0 Å². The fraction of sp³-hybridized carbons (Fsp3) is 0.370. The Labute approximate surface area is 204 Å². The van der Waals surface area contributed by atoms with Gasteiger partial charge in [-0.05, 0) is 60.7 Å². The molecule has 1 aromatic heterocycles. The molecule has 8 nitrogen and oxygen atoms in total. The summed E-state index contributed by atoms with van der Waals surface area (Å²) >= 11 is 0. The summed E-state index contributed by atoms with van der Waals surface area (Å²) in [6.07, 6.45) is 1.23. The first-order chi connectivity index (χ1) is 16.8. The van der Waals surface area contributed by atoms with Crippen molar-refractivity contribution in [1.82, 2.24) is 14.8 Å². The van der Waals surface area contributed by atoms with Gasteiger partial charge in [-0.3, -0.25) is 4.79 Å². The highest BCUT2D eigenvalue weighted by Gasteiger charge is 2.42. The number of carbonyl (C=O) groups excluding carboxylic acids is 1. The summed E-state index contributed by atoms with van der Waals surface area (Å²) in [6.45, 7) is 6.70. The fourth-order valence-electron chi connectivity index (χ4n) is 4.91. The Balaban J connectivity index is 1.65. The molecule has 2 aliphatic rings. The van der Waals surface area contributed by atoms with Crippen molar-refractivity contribution >= 4 is 11.7 Å². The summed E-state index contributed by atoms with van der Waals surface area (Å²) in [5.74, 6) is 3.35. The van der Waals surface area contributed by atoms with E-state index in [9.17, 15) is 4.79 Å². The Hall–Kier alpha value is -3.81. The van der Waals surface area contributed by atoms with E-state index in [1.54, 1.807) is 14.2 Å². The zero-order chi connectivity index (χ0) is 24.7. The fourth-order valence-corrected chi connectivity index (χ4v) is 4.91. The summed E-state index contributed by atoms with van der Waals surface area (Å²) in [5, 5.41) is 8.28. The van der Waals surface area contributed by atoms with Crippen molar-refractivity contribution in [3.63, 3.8) is 0 Å². The molecule has 1 aliphatic carbocycles. The van der Waals surface area contributed by atoms with Gasteiger partial charge in [0.1, 0.15) is 11.8 Å². The molecule has 0 saturated carbocycles. The number of methoxy groups -OCH3 is 2. The minimum atomic E-state index is -0.422. The zero-order valence-electron chi connectivity index (χ0n) is 20.7. The molecule has 1 N–H and O–H groups in total. The minimum Gasteiger partial charge on any atom is -0.497 e. The average molecular weight is 475 g/mol. The number of ketones is 1. The second-order valence-electron chi connectivity index (χ2n) is 9.64. The molecule has 0 bridgehead atoms. The Bertz CT molecular complexity index is 1310. The third-order valence-corrected chi connectivity index (χ3v) is 6.48. The number of aromatic nitrogens is 3. The second-order valence-corrected chi connectivity index (χ2v) is 9.64. The number of rotatable bonds is 6. The van der Waals surface area contributed by atoms with Crippen LogP contribution >= 0.6 is 0 Å². The summed E-state index contributed by atoms with van der Waals surface area (Å²) < 4.78 is 18.4. The number of nitrogens with one attached hydrogen (secondary N) is 1. The Morgan fingerprint density at radius 3 is 2.51 bits per heavy atom. The number of ether oxygens (including phenoxy) is 3. The second kappa shape index (κ2) is 8.76. The topological polar surface area (TPSA) is 87.5 Å². The minimum absolute atomic E-state index is 0.119. The molecule has 2 heterocycles. The van der Waals surface area contributed by atoms with Gasteiger partial charge in [0, 0.05) is 23.3 Å². The number of benzene rings is 2. The molecule has 2 aromatic carbocycles. The number of hydrogen-bond acceptors (Lipinski definition) is 7. The van der Waals surface area contributed by atoms with E-state index in [0.29, 0.717) is 36.3 Å². The molecule has 1 aliphatic heterocycles. The van der Waals surface area contributed by atoms with Crippen molar-refractivity contribution in [3.8, 4) is 28.6 Å². The van der Waals surface area contributed by atoms with Gasteiger partial charge < -0.3 is 19.5 Å². The number of hydrogen-bond donors (Lipinski definition) is 1. The van der Waals surface area contributed by atoms with E-state index in [-0.39, 0.29) is 11.2 Å². The molecule has 182 valence electrons. The van der Waals surface area contributed by atoms with Crippen LogP contribution in [0.5, 0.6) is 17.2 Å². The first-order valence-corrected chi connectivity index (χ1v) is 11.8. The third-order valence-electron chi connectivity index (χ3n) is 6.48. The van der Waals surface area contributed by atoms with Gasteiger partial charge in [0.15, 0.2) is 23.1 Å². The van der Waals surface area contributed by atoms with Crippen LogP contribution < -0.4 is 19.5 Å². The third kappa shape index (κ3) is 4.13. The number of Topliss-reactive ketones (excluding diaryl/α,β-unsaturated/α-hetero) is 1. The summed E-state index contributed by atoms with van der Waals surface area (Å²) in [7, 11) is 3.25. The lowest BCUT2D eigenvalue weighted by Gasteiger charge is -2.38. The summed E-state index contributed by atoms with van der Waals surface area (Å²) in [4.78, 5) is 18.3. The largest absolute Gasteiger partial charge is 0.497 e. The predicted molar refractivity (Wildman–Crippen MR) is 133 cm³/mol. The molecule has 0 radical (unpaired) electrons. The van der Waals surface area contributed by atoms with Crippen molar-refractivity contribution < 1.29 is 19.0 Å². The maximum atomic E-state index is 13.5. The highest BCUT2D eigenvalue weighted by Crippen LogP contribution is 2.46. The van der Waals surface area contributed by atoms with E-state index in [2.05, 4.69) is 19.2 Å². The van der Waals surface area contributed by atoms with Gasteiger partial charge in [-0.25, -0.2) is 4.68 Å². The molecule has 0 spiro atoms. The van der Waals surface area contributed by atoms with Gasteiger partial charge in [0.05, 0.1) is 20.8 Å². The predicted octanol–water partition coefficient (Wildman–Crippen LogP) is 5.02. The van der Waals surface area contributed by atoms with Crippen LogP contribution in [-0.2, 0) is 4.79 Å². The zero-order valence-corrected chi connectivity index (χ0v) is 20.7. The van der Waals surface area contributed by atoms with Gasteiger partial charge in [-0.15, -0.1) is 5.10 Å². The van der Waals surface area contributed by atoms with Crippen molar-refractivity contribution in [3.05, 3.63) is 59.3 Å². The lowest BCUT2D eigenvalue weighted by atomic mass is 9.73. The van der Waals surface area contributed by atoms with E-state index in [0.717, 1.165) is 34.6 Å². The number of nitrogens with zero attached hydrogens (tertiary/aromatic N) is 3. The number of anilines is 1. The van der Waals surface area contributed by atoms with Crippen LogP contribution in [0.1, 0.15) is 45.2 Å². The van der Waals surface area contributed by atoms with Crippen LogP contribution in [-0.4, -0.2) is 41.4 Å². The van der Waals surface area contributed by atoms with Crippen LogP contribution in [0, 0.1) is 5.41 Å². The Morgan fingerprint density at radius 1 is 1.06 bits per heavy atom. The molecular weight excluding hydrogens is 444 g/mol. The van der Waals surface area contributed by atoms with E-state index in [1.165, 1.54) is 0 Å². The molecule has 5 rings (SSSR count). The molecule has 3 aromatic rings. The quantitative estimate of drug-likeness (QED) is 0.537. The van der Waals surface area contributed by atoms with Crippen molar-refractivity contribution in [2.75, 3.05) is 26.1 Å². The highest BCUT2D eigenvalue weighted by molar-refractivity contribution is 6.00. The van der Waals surface area contributed by atoms with Gasteiger partial charge in [-0.1, -0.05) is 19.9 Å². The maximum absolute atomic E-state index is 13.5. The number of allylic oxidation sites excluding steroid dienone is 2. The Morgan fingerprint density at radius 2 is 1.83 bits per heavy atom. The molecule has 0 amide bonds. The lowest BCUT2D eigenvalue weighted by Crippen LogP contribution is -2.36. The first-order valence-electron chi connectivity index (χ1n) is 11.8. The molecule has 0 saturated heterocycles. The summed E-state index contributed by atoms with van der Waals surface area (Å²) in [5.41, 5.74) is 3.26. The van der Waals surface area contributed by atoms with Gasteiger partial charge in [0.25, 0.3) is 0 Å². The number of carbonyl (C=O) groups is 1. The van der Waals surface area contributed by atoms with Crippen LogP contribution in [0.4, 0.5) is 5.95 Å². The monoisotopic (exact) mass is 474 g/mol. The van der Waals surface area contributed by atoms with Crippen LogP contribution in [0.2, 0.25) is 0 Å². The van der Waals surface area contributed by atoms with Crippen molar-refractivity contribution in [2.45, 2.75) is 39.7 Å². The van der Waals surface area contributed by atoms with E-state index < -0.39 is 6.04 Å². The molecular formula is C27H30N4O4. The molecule has 0 unspecified atom stereocenters. The van der Waals surface area contributed by atoms with Gasteiger partial charge in [-0.2, -0.15) is 4.98 Å². The normalized spacial score (nSPS) is 18.4. The first kappa shape index (κ1) is 23.0. The van der Waals surface area contributed by atoms with E-state index in [1.807, 2.05) is 54.1 Å². The standard InChI is InChI=1S/C27H30N4O4/c1-6-35-21-12-9-17(13-22(21)34-5)24-23-19(14-27(2,3)15-20(23)32)28-26-29-25(30-31(24)26)16-7-10-18(33-4)11-8-16/h7-13,24H,6,14-15H2,1-5H3,(H,28,29,30)/t24-/m1/s1. The van der Waals surface area contributed by atoms with Gasteiger partial charge in [0.2, 0.25) is 5.95 Å². The van der Waals surface area contributed by atoms with Crippen molar-refractivity contribution in [2.24, 2.45) is 5.41 Å². The van der Waals surface area contributed by atoms with E-state index >= 15 is 0 Å². The average Bonchev–Trinajstić information content (AvgIpc) is 3.26. The summed E-state index contributed by atoms with van der Waals surface area (Å²) in [6, 6.07) is 13.0. The smallest absolute Gasteiger partial charge is 0.226 e. The molecule has 1 atom stereocenters. The Kier molecular flexibility index (Phi) is 5.75. The van der Waals surface area contributed by atoms with Crippen LogP contribution in [0.25, 0.3) is 11.4 Å². The lowest BCUT2D eigenvalue weighted by molar-refractivity contribution is -0.118. The molecule has 35 heavy (non-hydrogen) atoms. The van der Waals surface area contributed by atoms with E-state index in [4.69, 9.17) is 24.3 Å². The maximum Gasteiger partial charge on any atom is 0.226 e. The molecule has 8 heteroatoms.